The highest BCUT2D eigenvalue weighted by atomic mass is 15.2. The molecule has 0 aliphatic carbocycles. The fourth-order valence-electron chi connectivity index (χ4n) is 6.42. The molecular weight excluding hydrogens is 496 g/mol. The zero-order valence-electron chi connectivity index (χ0n) is 25.0. The van der Waals surface area contributed by atoms with Crippen molar-refractivity contribution in [3.63, 3.8) is 0 Å². The summed E-state index contributed by atoms with van der Waals surface area (Å²) >= 11 is 0. The average Bonchev–Trinajstić information content (AvgIpc) is 3.32. The molecule has 0 unspecified atom stereocenters. The lowest BCUT2D eigenvalue weighted by atomic mass is 9.81. The molecule has 4 aromatic rings. The van der Waals surface area contributed by atoms with Crippen molar-refractivity contribution >= 4 is 28.5 Å². The van der Waals surface area contributed by atoms with Crippen molar-refractivity contribution in [1.29, 1.82) is 0 Å². The standard InChI is InChI=1S/C39H39N2/c1-28-22-24-34-32(26-28)38(3,4)36(40(34)30-16-10-7-11-17-30)20-14-9-15-21-37-39(5,6)33-27-29(2)23-25-35(33)41(37)31-18-12-8-13-19-31/h7-27H,1-6H3/q+1. The first kappa shape index (κ1) is 26.8. The van der Waals surface area contributed by atoms with Gasteiger partial charge in [-0.15, -0.1) is 0 Å². The number of hydrogen-bond acceptors (Lipinski definition) is 1. The summed E-state index contributed by atoms with van der Waals surface area (Å²) < 4.78 is 2.41. The second kappa shape index (κ2) is 10.2. The van der Waals surface area contributed by atoms with Crippen molar-refractivity contribution in [3.05, 3.63) is 155 Å². The van der Waals surface area contributed by atoms with Gasteiger partial charge in [0.1, 0.15) is 0 Å². The highest BCUT2D eigenvalue weighted by molar-refractivity contribution is 6.10. The first-order chi connectivity index (χ1) is 19.7. The van der Waals surface area contributed by atoms with Crippen molar-refractivity contribution in [2.75, 3.05) is 4.90 Å². The van der Waals surface area contributed by atoms with Crippen LogP contribution >= 0.6 is 0 Å². The van der Waals surface area contributed by atoms with Crippen LogP contribution in [-0.2, 0) is 10.8 Å². The molecule has 6 rings (SSSR count). The number of nitrogens with zero attached hydrogens (tertiary/aromatic N) is 2. The lowest BCUT2D eigenvalue weighted by Gasteiger charge is -2.27. The molecule has 204 valence electrons. The minimum Gasteiger partial charge on any atom is -0.313 e. The maximum Gasteiger partial charge on any atom is 0.215 e. The van der Waals surface area contributed by atoms with Gasteiger partial charge in [-0.25, -0.2) is 0 Å². The van der Waals surface area contributed by atoms with E-state index >= 15 is 0 Å². The molecule has 0 atom stereocenters. The van der Waals surface area contributed by atoms with E-state index in [2.05, 4.69) is 178 Å². The Morgan fingerprint density at radius 2 is 1.27 bits per heavy atom. The Balaban J connectivity index is 1.38. The molecule has 0 aromatic heterocycles. The molecule has 0 spiro atoms. The van der Waals surface area contributed by atoms with Crippen LogP contribution in [0.1, 0.15) is 49.9 Å². The third-order valence-corrected chi connectivity index (χ3v) is 8.65. The van der Waals surface area contributed by atoms with E-state index < -0.39 is 0 Å². The summed E-state index contributed by atoms with van der Waals surface area (Å²) in [5.41, 5.74) is 12.5. The number of allylic oxidation sites excluding steroid dienone is 6. The van der Waals surface area contributed by atoms with E-state index in [1.54, 1.807) is 0 Å². The molecule has 2 heterocycles. The van der Waals surface area contributed by atoms with Gasteiger partial charge in [0, 0.05) is 52.3 Å². The highest BCUT2D eigenvalue weighted by Crippen LogP contribution is 2.51. The smallest absolute Gasteiger partial charge is 0.215 e. The van der Waals surface area contributed by atoms with Gasteiger partial charge < -0.3 is 4.90 Å². The molecular formula is C39H39N2+. The molecule has 0 fully saturated rings. The third-order valence-electron chi connectivity index (χ3n) is 8.65. The van der Waals surface area contributed by atoms with Crippen LogP contribution in [0.2, 0.25) is 0 Å². The second-order valence-corrected chi connectivity index (χ2v) is 12.3. The van der Waals surface area contributed by atoms with Crippen molar-refractivity contribution in [3.8, 4) is 0 Å². The zero-order chi connectivity index (χ0) is 28.8. The number of benzene rings is 4. The number of aryl methyl sites for hydroxylation is 2. The van der Waals surface area contributed by atoms with Crippen LogP contribution in [0, 0.1) is 13.8 Å². The predicted octanol–water partition coefficient (Wildman–Crippen LogP) is 10.00. The van der Waals surface area contributed by atoms with Crippen molar-refractivity contribution in [1.82, 2.24) is 4.58 Å². The van der Waals surface area contributed by atoms with E-state index in [0.717, 1.165) is 0 Å². The molecule has 0 amide bonds. The van der Waals surface area contributed by atoms with Gasteiger partial charge >= 0.3 is 0 Å². The van der Waals surface area contributed by atoms with Crippen LogP contribution in [-0.4, -0.2) is 5.71 Å². The Labute approximate surface area is 245 Å². The molecule has 41 heavy (non-hydrogen) atoms. The van der Waals surface area contributed by atoms with E-state index in [-0.39, 0.29) is 10.8 Å². The number of para-hydroxylation sites is 2. The number of rotatable bonds is 5. The SMILES string of the molecule is Cc1ccc2c(c1)C(C)(C)C(/C=C/C=C/C=C1/N(c3ccccc3)c3ccc(C)cc3C1(C)C)=[N+]2c1ccccc1. The zero-order valence-corrected chi connectivity index (χ0v) is 25.0. The fourth-order valence-corrected chi connectivity index (χ4v) is 6.42. The van der Waals surface area contributed by atoms with Gasteiger partial charge in [0.15, 0.2) is 5.71 Å². The van der Waals surface area contributed by atoms with Crippen LogP contribution in [0.25, 0.3) is 0 Å². The van der Waals surface area contributed by atoms with Crippen LogP contribution in [0.3, 0.4) is 0 Å². The Bertz CT molecular complexity index is 1730. The summed E-state index contributed by atoms with van der Waals surface area (Å²) in [6.45, 7) is 13.7. The Kier molecular flexibility index (Phi) is 6.66. The normalized spacial score (nSPS) is 18.1. The summed E-state index contributed by atoms with van der Waals surface area (Å²) in [7, 11) is 0. The first-order valence-corrected chi connectivity index (χ1v) is 14.5. The minimum absolute atomic E-state index is 0.114. The van der Waals surface area contributed by atoms with Gasteiger partial charge in [-0.3, -0.25) is 0 Å². The Morgan fingerprint density at radius 1 is 0.634 bits per heavy atom. The van der Waals surface area contributed by atoms with Crippen LogP contribution in [0.5, 0.6) is 0 Å². The number of hydrogen-bond donors (Lipinski definition) is 0. The molecule has 4 aromatic carbocycles. The first-order valence-electron chi connectivity index (χ1n) is 14.5. The quantitative estimate of drug-likeness (QED) is 0.182. The largest absolute Gasteiger partial charge is 0.313 e. The number of fused-ring (bicyclic) bond motifs is 2. The van der Waals surface area contributed by atoms with Crippen molar-refractivity contribution in [2.24, 2.45) is 0 Å². The van der Waals surface area contributed by atoms with Crippen molar-refractivity contribution < 1.29 is 0 Å². The Morgan fingerprint density at radius 3 is 1.98 bits per heavy atom. The van der Waals surface area contributed by atoms with Gasteiger partial charge in [-0.2, -0.15) is 4.58 Å². The molecule has 0 N–H and O–H groups in total. The second-order valence-electron chi connectivity index (χ2n) is 12.3. The van der Waals surface area contributed by atoms with E-state index in [9.17, 15) is 0 Å². The fraction of sp³-hybridized carbons (Fsp3) is 0.205. The van der Waals surface area contributed by atoms with Crippen LogP contribution in [0.15, 0.2) is 133 Å². The Hall–Kier alpha value is -4.43. The lowest BCUT2D eigenvalue weighted by molar-refractivity contribution is 0.643. The van der Waals surface area contributed by atoms with E-state index in [0.29, 0.717) is 0 Å². The molecule has 2 nitrogen and oxygen atoms in total. The maximum absolute atomic E-state index is 2.41. The van der Waals surface area contributed by atoms with Crippen LogP contribution in [0.4, 0.5) is 22.7 Å². The summed E-state index contributed by atoms with van der Waals surface area (Å²) in [6.07, 6.45) is 11.1. The monoisotopic (exact) mass is 535 g/mol. The van der Waals surface area contributed by atoms with E-state index in [4.69, 9.17) is 0 Å². The summed E-state index contributed by atoms with van der Waals surface area (Å²) in [5, 5.41) is 0. The van der Waals surface area contributed by atoms with Crippen molar-refractivity contribution in [2.45, 2.75) is 52.4 Å². The molecule has 2 heteroatoms. The van der Waals surface area contributed by atoms with Gasteiger partial charge in [0.2, 0.25) is 11.4 Å². The van der Waals surface area contributed by atoms with Crippen LogP contribution < -0.4 is 9.48 Å². The van der Waals surface area contributed by atoms with Gasteiger partial charge in [-0.1, -0.05) is 97.8 Å². The molecule has 2 aliphatic heterocycles. The lowest BCUT2D eigenvalue weighted by Crippen LogP contribution is -2.27. The summed E-state index contributed by atoms with van der Waals surface area (Å²) in [6, 6.07) is 35.0. The highest BCUT2D eigenvalue weighted by Gasteiger charge is 2.45. The molecule has 0 saturated carbocycles. The summed E-state index contributed by atoms with van der Waals surface area (Å²) in [4.78, 5) is 2.41. The topological polar surface area (TPSA) is 6.25 Å². The van der Waals surface area contributed by atoms with Gasteiger partial charge in [0.25, 0.3) is 0 Å². The number of anilines is 2. The van der Waals surface area contributed by atoms with E-state index in [1.807, 2.05) is 0 Å². The predicted molar refractivity (Wildman–Crippen MR) is 176 cm³/mol. The average molecular weight is 536 g/mol. The summed E-state index contributed by atoms with van der Waals surface area (Å²) in [5.74, 6) is 0. The minimum atomic E-state index is -0.114. The maximum atomic E-state index is 2.41. The molecule has 0 saturated heterocycles. The van der Waals surface area contributed by atoms with Gasteiger partial charge in [0.05, 0.1) is 5.41 Å². The molecule has 2 aliphatic rings. The van der Waals surface area contributed by atoms with E-state index in [1.165, 1.54) is 56.4 Å². The molecule has 0 radical (unpaired) electrons. The third kappa shape index (κ3) is 4.58. The van der Waals surface area contributed by atoms with Gasteiger partial charge in [-0.05, 0) is 63.6 Å². The molecule has 0 bridgehead atoms.